The Hall–Kier alpha value is -0.990. The predicted octanol–water partition coefficient (Wildman–Crippen LogP) is 4.32. The second kappa shape index (κ2) is 10.2. The van der Waals surface area contributed by atoms with Gasteiger partial charge >= 0.3 is 0 Å². The van der Waals surface area contributed by atoms with E-state index in [1.165, 1.54) is 44.2 Å². The highest BCUT2D eigenvalue weighted by atomic mass is 35.5. The minimum absolute atomic E-state index is 0. The molecule has 28 heavy (non-hydrogen) atoms. The molecule has 6 heteroatoms. The number of fused-ring (bicyclic) bond motifs is 3. The van der Waals surface area contributed by atoms with Gasteiger partial charge in [0.05, 0.1) is 18.2 Å². The molecule has 0 amide bonds. The molecule has 2 fully saturated rings. The standard InChI is InChI=1S/C22H31N3O.2ClH/c1-24(2)19-6-3-16(4-7-19)9-10-25-13-18-15-26-22-8-5-17(12-23)11-20(22)21(18)14-25;;/h5,8,11,16,18-19,21H,3-4,6-7,9-10,13-15H2,1-2H3;2*1H/t16-,18-,19-,21+;;/m0../s1. The first kappa shape index (κ1) is 23.3. The lowest BCUT2D eigenvalue weighted by atomic mass is 9.83. The van der Waals surface area contributed by atoms with Crippen LogP contribution < -0.4 is 4.74 Å². The molecule has 3 aliphatic rings. The van der Waals surface area contributed by atoms with Crippen molar-refractivity contribution in [2.45, 2.75) is 44.1 Å². The van der Waals surface area contributed by atoms with Crippen LogP contribution >= 0.6 is 24.8 Å². The van der Waals surface area contributed by atoms with Crippen molar-refractivity contribution < 1.29 is 4.74 Å². The minimum Gasteiger partial charge on any atom is -0.493 e. The van der Waals surface area contributed by atoms with Crippen molar-refractivity contribution in [3.05, 3.63) is 29.3 Å². The number of halogens is 2. The van der Waals surface area contributed by atoms with E-state index >= 15 is 0 Å². The average Bonchev–Trinajstić information content (AvgIpc) is 3.10. The first-order valence-corrected chi connectivity index (χ1v) is 10.2. The van der Waals surface area contributed by atoms with Crippen LogP contribution in [0.25, 0.3) is 0 Å². The Bertz CT molecular complexity index is 683. The van der Waals surface area contributed by atoms with Gasteiger partial charge in [-0.2, -0.15) is 5.26 Å². The van der Waals surface area contributed by atoms with E-state index < -0.39 is 0 Å². The van der Waals surface area contributed by atoms with Crippen molar-refractivity contribution in [1.29, 1.82) is 5.26 Å². The van der Waals surface area contributed by atoms with Crippen LogP contribution in [0.3, 0.4) is 0 Å². The van der Waals surface area contributed by atoms with Gasteiger partial charge in [0.15, 0.2) is 0 Å². The lowest BCUT2D eigenvalue weighted by Crippen LogP contribution is -2.33. The Balaban J connectivity index is 0.00000140. The number of benzene rings is 1. The highest BCUT2D eigenvalue weighted by Gasteiger charge is 2.38. The lowest BCUT2D eigenvalue weighted by molar-refractivity contribution is 0.176. The van der Waals surface area contributed by atoms with Gasteiger partial charge in [-0.3, -0.25) is 0 Å². The SMILES string of the molecule is CN(C)[C@H]1CC[C@H](CCN2C[C@H]3COc4ccc(C#N)cc4[C@@H]3C2)CC1.Cl.Cl. The van der Waals surface area contributed by atoms with Crippen LogP contribution in [0.15, 0.2) is 18.2 Å². The average molecular weight is 426 g/mol. The molecule has 2 atom stereocenters. The van der Waals surface area contributed by atoms with Crippen LogP contribution in [0.1, 0.15) is 49.1 Å². The van der Waals surface area contributed by atoms with Crippen LogP contribution in [0.2, 0.25) is 0 Å². The highest BCUT2D eigenvalue weighted by Crippen LogP contribution is 2.42. The van der Waals surface area contributed by atoms with Crippen LogP contribution in [0.5, 0.6) is 5.75 Å². The summed E-state index contributed by atoms with van der Waals surface area (Å²) in [6.07, 6.45) is 6.84. The van der Waals surface area contributed by atoms with E-state index in [0.717, 1.165) is 43.0 Å². The normalized spacial score (nSPS) is 28.9. The van der Waals surface area contributed by atoms with Gasteiger partial charge in [-0.25, -0.2) is 0 Å². The molecule has 1 saturated heterocycles. The molecule has 0 spiro atoms. The third-order valence-electron chi connectivity index (χ3n) is 6.91. The first-order valence-electron chi connectivity index (χ1n) is 10.2. The molecule has 1 saturated carbocycles. The van der Waals surface area contributed by atoms with Gasteiger partial charge in [0.2, 0.25) is 0 Å². The van der Waals surface area contributed by atoms with Crippen molar-refractivity contribution in [2.75, 3.05) is 40.3 Å². The third kappa shape index (κ3) is 4.94. The quantitative estimate of drug-likeness (QED) is 0.719. The molecule has 0 aromatic heterocycles. The summed E-state index contributed by atoms with van der Waals surface area (Å²) in [5, 5.41) is 9.21. The summed E-state index contributed by atoms with van der Waals surface area (Å²) in [6, 6.07) is 8.98. The van der Waals surface area contributed by atoms with Crippen LogP contribution in [-0.2, 0) is 0 Å². The molecule has 0 radical (unpaired) electrons. The molecule has 2 heterocycles. The number of ether oxygens (including phenoxy) is 1. The van der Waals surface area contributed by atoms with Gasteiger partial charge in [-0.05, 0) is 76.9 Å². The largest absolute Gasteiger partial charge is 0.493 e. The summed E-state index contributed by atoms with van der Waals surface area (Å²) in [5.74, 6) is 3.02. The summed E-state index contributed by atoms with van der Waals surface area (Å²) in [4.78, 5) is 5.04. The van der Waals surface area contributed by atoms with Crippen molar-refractivity contribution in [3.8, 4) is 11.8 Å². The second-order valence-electron chi connectivity index (χ2n) is 8.73. The Morgan fingerprint density at radius 3 is 2.57 bits per heavy atom. The fourth-order valence-electron chi connectivity index (χ4n) is 5.22. The van der Waals surface area contributed by atoms with E-state index in [-0.39, 0.29) is 24.8 Å². The summed E-state index contributed by atoms with van der Waals surface area (Å²) in [6.45, 7) is 4.32. The third-order valence-corrected chi connectivity index (χ3v) is 6.91. The van der Waals surface area contributed by atoms with E-state index in [1.807, 2.05) is 12.1 Å². The maximum atomic E-state index is 9.21. The molecule has 0 N–H and O–H groups in total. The van der Waals surface area contributed by atoms with Crippen molar-refractivity contribution in [3.63, 3.8) is 0 Å². The van der Waals surface area contributed by atoms with Crippen molar-refractivity contribution >= 4 is 24.8 Å². The number of rotatable bonds is 4. The second-order valence-corrected chi connectivity index (χ2v) is 8.73. The maximum Gasteiger partial charge on any atom is 0.122 e. The monoisotopic (exact) mass is 425 g/mol. The lowest BCUT2D eigenvalue weighted by Gasteiger charge is -2.33. The smallest absolute Gasteiger partial charge is 0.122 e. The van der Waals surface area contributed by atoms with Crippen molar-refractivity contribution in [2.24, 2.45) is 11.8 Å². The molecule has 4 rings (SSSR count). The zero-order valence-electron chi connectivity index (χ0n) is 17.0. The maximum absolute atomic E-state index is 9.21. The molecule has 0 bridgehead atoms. The topological polar surface area (TPSA) is 39.5 Å². The molecule has 1 aliphatic carbocycles. The van der Waals surface area contributed by atoms with Crippen LogP contribution in [0.4, 0.5) is 0 Å². The van der Waals surface area contributed by atoms with E-state index in [0.29, 0.717) is 11.8 Å². The molecule has 2 aliphatic heterocycles. The number of nitriles is 1. The first-order chi connectivity index (χ1) is 12.6. The minimum atomic E-state index is 0. The molecule has 4 nitrogen and oxygen atoms in total. The Morgan fingerprint density at radius 1 is 1.14 bits per heavy atom. The fraction of sp³-hybridized carbons (Fsp3) is 0.682. The Kier molecular flexibility index (Phi) is 8.45. The Labute approximate surface area is 182 Å². The fourth-order valence-corrected chi connectivity index (χ4v) is 5.22. The number of likely N-dealkylation sites (tertiary alicyclic amines) is 1. The summed E-state index contributed by atoms with van der Waals surface area (Å²) in [5.41, 5.74) is 2.01. The van der Waals surface area contributed by atoms with Gasteiger partial charge < -0.3 is 14.5 Å². The number of hydrogen-bond donors (Lipinski definition) is 0. The summed E-state index contributed by atoms with van der Waals surface area (Å²) in [7, 11) is 4.43. The molecular formula is C22H33Cl2N3O. The van der Waals surface area contributed by atoms with Gasteiger partial charge in [0.25, 0.3) is 0 Å². The highest BCUT2D eigenvalue weighted by molar-refractivity contribution is 5.85. The number of nitrogens with zero attached hydrogens (tertiary/aromatic N) is 3. The molecule has 156 valence electrons. The van der Waals surface area contributed by atoms with E-state index in [9.17, 15) is 5.26 Å². The molecule has 1 aromatic carbocycles. The van der Waals surface area contributed by atoms with Crippen LogP contribution in [0, 0.1) is 23.2 Å². The molecule has 0 unspecified atom stereocenters. The van der Waals surface area contributed by atoms with Gasteiger partial charge in [0, 0.05) is 36.5 Å². The van der Waals surface area contributed by atoms with Gasteiger partial charge in [-0.1, -0.05) is 0 Å². The molecular weight excluding hydrogens is 393 g/mol. The van der Waals surface area contributed by atoms with Crippen LogP contribution in [-0.4, -0.2) is 56.2 Å². The van der Waals surface area contributed by atoms with Gasteiger partial charge in [0.1, 0.15) is 5.75 Å². The summed E-state index contributed by atoms with van der Waals surface area (Å²) < 4.78 is 5.97. The van der Waals surface area contributed by atoms with E-state index in [2.05, 4.69) is 36.0 Å². The predicted molar refractivity (Wildman–Crippen MR) is 118 cm³/mol. The Morgan fingerprint density at radius 2 is 1.89 bits per heavy atom. The summed E-state index contributed by atoms with van der Waals surface area (Å²) >= 11 is 0. The van der Waals surface area contributed by atoms with E-state index in [4.69, 9.17) is 4.74 Å². The molecule has 1 aromatic rings. The van der Waals surface area contributed by atoms with E-state index in [1.54, 1.807) is 0 Å². The van der Waals surface area contributed by atoms with Crippen molar-refractivity contribution in [1.82, 2.24) is 9.80 Å². The number of hydrogen-bond acceptors (Lipinski definition) is 4. The zero-order valence-corrected chi connectivity index (χ0v) is 18.6. The zero-order chi connectivity index (χ0) is 18.1. The van der Waals surface area contributed by atoms with Gasteiger partial charge in [-0.15, -0.1) is 24.8 Å².